The number of aromatic amines is 1. The average Bonchev–Trinajstić information content (AvgIpc) is 2.89. The van der Waals surface area contributed by atoms with Crippen LogP contribution in [0, 0.1) is 3.95 Å². The Morgan fingerprint density at radius 2 is 1.96 bits per heavy atom. The van der Waals surface area contributed by atoms with Crippen molar-refractivity contribution in [2.45, 2.75) is 19.9 Å². The van der Waals surface area contributed by atoms with Gasteiger partial charge in [0.25, 0.3) is 0 Å². The second-order valence-corrected chi connectivity index (χ2v) is 7.64. The van der Waals surface area contributed by atoms with Gasteiger partial charge in [-0.1, -0.05) is 11.6 Å². The summed E-state index contributed by atoms with van der Waals surface area (Å²) in [5.41, 5.74) is 1.73. The molecule has 0 aliphatic heterocycles. The summed E-state index contributed by atoms with van der Waals surface area (Å²) in [5.74, 6) is 0.452. The van der Waals surface area contributed by atoms with Crippen molar-refractivity contribution in [3.63, 3.8) is 0 Å². The van der Waals surface area contributed by atoms with Gasteiger partial charge in [0.2, 0.25) is 0 Å². The number of carbonyl (C=O) groups excluding carboxylic acids is 1. The first-order valence-corrected chi connectivity index (χ1v) is 8.94. The molecule has 1 heterocycles. The third-order valence-corrected chi connectivity index (χ3v) is 4.86. The van der Waals surface area contributed by atoms with E-state index in [1.807, 2.05) is 32.0 Å². The molecule has 3 rings (SSSR count). The third-order valence-electron chi connectivity index (χ3n) is 3.41. The van der Waals surface area contributed by atoms with Gasteiger partial charge in [-0.15, -0.1) is 11.3 Å². The van der Waals surface area contributed by atoms with Crippen molar-refractivity contribution in [3.05, 3.63) is 51.4 Å². The molecule has 0 radical (unpaired) electrons. The first-order valence-electron chi connectivity index (χ1n) is 7.33. The number of nitrogens with zero attached hydrogens (tertiary/aromatic N) is 1. The highest BCUT2D eigenvalue weighted by Gasteiger charge is 2.22. The molecule has 1 N–H and O–H groups in total. The molecule has 1 aromatic heterocycles. The maximum Gasteiger partial charge on any atom is 0.419 e. The van der Waals surface area contributed by atoms with Crippen molar-refractivity contribution in [1.29, 1.82) is 0 Å². The number of ether oxygens (including phenoxy) is 1. The maximum atomic E-state index is 12.6. The number of aromatic nitrogens is 1. The van der Waals surface area contributed by atoms with Gasteiger partial charge in [-0.05, 0) is 68.5 Å². The van der Waals surface area contributed by atoms with Crippen LogP contribution in [0.3, 0.4) is 0 Å². The van der Waals surface area contributed by atoms with E-state index in [4.69, 9.17) is 28.6 Å². The van der Waals surface area contributed by atoms with Crippen LogP contribution in [0.4, 0.5) is 10.5 Å². The number of halogens is 1. The number of hydrogen-bond acceptors (Lipinski definition) is 4. The molecule has 7 heteroatoms. The minimum Gasteiger partial charge on any atom is -0.410 e. The molecule has 0 aliphatic carbocycles. The van der Waals surface area contributed by atoms with Crippen molar-refractivity contribution < 1.29 is 9.53 Å². The van der Waals surface area contributed by atoms with Crippen LogP contribution in [0.5, 0.6) is 5.75 Å². The molecule has 0 unspecified atom stereocenters. The lowest BCUT2D eigenvalue weighted by Crippen LogP contribution is -2.39. The van der Waals surface area contributed by atoms with Crippen LogP contribution in [0.1, 0.15) is 13.8 Å². The SMILES string of the molecule is CC(C)N(C(=O)Oc1ccc(Cl)cc1)c1ccc2[nH]c(=S)sc2c1. The summed E-state index contributed by atoms with van der Waals surface area (Å²) in [6.07, 6.45) is -0.439. The molecule has 0 saturated heterocycles. The molecule has 0 saturated carbocycles. The number of hydrogen-bond donors (Lipinski definition) is 1. The number of fused-ring (bicyclic) bond motifs is 1. The van der Waals surface area contributed by atoms with Crippen LogP contribution < -0.4 is 9.64 Å². The highest BCUT2D eigenvalue weighted by molar-refractivity contribution is 7.73. The molecule has 124 valence electrons. The molecule has 0 atom stereocenters. The fraction of sp³-hybridized carbons (Fsp3) is 0.176. The fourth-order valence-electron chi connectivity index (χ4n) is 2.35. The van der Waals surface area contributed by atoms with Crippen LogP contribution in [0.2, 0.25) is 5.02 Å². The summed E-state index contributed by atoms with van der Waals surface area (Å²) < 4.78 is 7.18. The smallest absolute Gasteiger partial charge is 0.410 e. The zero-order valence-electron chi connectivity index (χ0n) is 13.1. The maximum absolute atomic E-state index is 12.6. The topological polar surface area (TPSA) is 45.3 Å². The van der Waals surface area contributed by atoms with Crippen LogP contribution >= 0.6 is 35.2 Å². The predicted octanol–water partition coefficient (Wildman–Crippen LogP) is 6.03. The molecule has 0 spiro atoms. The molecule has 24 heavy (non-hydrogen) atoms. The van der Waals surface area contributed by atoms with E-state index in [1.165, 1.54) is 11.3 Å². The molecule has 0 aliphatic rings. The van der Waals surface area contributed by atoms with E-state index < -0.39 is 6.09 Å². The normalized spacial score (nSPS) is 11.0. The first-order chi connectivity index (χ1) is 11.4. The summed E-state index contributed by atoms with van der Waals surface area (Å²) in [4.78, 5) is 17.3. The summed E-state index contributed by atoms with van der Waals surface area (Å²) in [6, 6.07) is 12.4. The largest absolute Gasteiger partial charge is 0.419 e. The van der Waals surface area contributed by atoms with Crippen molar-refractivity contribution in [2.75, 3.05) is 4.90 Å². The lowest BCUT2D eigenvalue weighted by Gasteiger charge is -2.26. The van der Waals surface area contributed by atoms with Gasteiger partial charge in [-0.25, -0.2) is 4.79 Å². The number of nitrogens with one attached hydrogen (secondary N) is 1. The van der Waals surface area contributed by atoms with E-state index in [2.05, 4.69) is 4.98 Å². The minimum absolute atomic E-state index is 0.0610. The van der Waals surface area contributed by atoms with E-state index in [0.717, 1.165) is 15.9 Å². The van der Waals surface area contributed by atoms with E-state index in [0.29, 0.717) is 14.7 Å². The van der Waals surface area contributed by atoms with E-state index in [-0.39, 0.29) is 6.04 Å². The van der Waals surface area contributed by atoms with Crippen molar-refractivity contribution in [3.8, 4) is 5.75 Å². The molecule has 0 fully saturated rings. The summed E-state index contributed by atoms with van der Waals surface area (Å²) in [5, 5.41) is 0.592. The van der Waals surface area contributed by atoms with Gasteiger partial charge in [0.05, 0.1) is 10.2 Å². The number of amides is 1. The Morgan fingerprint density at radius 3 is 2.62 bits per heavy atom. The Hall–Kier alpha value is -1.89. The Bertz CT molecular complexity index is 932. The number of benzene rings is 2. The molecule has 3 aromatic rings. The van der Waals surface area contributed by atoms with Crippen molar-refractivity contribution in [2.24, 2.45) is 0 Å². The van der Waals surface area contributed by atoms with Gasteiger partial charge in [0.15, 0.2) is 3.95 Å². The molecular formula is C17H15ClN2O2S2. The number of rotatable bonds is 3. The number of thiazole rings is 1. The summed E-state index contributed by atoms with van der Waals surface area (Å²) in [7, 11) is 0. The van der Waals surface area contributed by atoms with Gasteiger partial charge in [-0.3, -0.25) is 4.90 Å². The van der Waals surface area contributed by atoms with Gasteiger partial charge in [0.1, 0.15) is 5.75 Å². The predicted molar refractivity (Wildman–Crippen MR) is 102 cm³/mol. The molecule has 2 aromatic carbocycles. The van der Waals surface area contributed by atoms with Crippen LogP contribution in [0.15, 0.2) is 42.5 Å². The zero-order valence-corrected chi connectivity index (χ0v) is 15.5. The highest BCUT2D eigenvalue weighted by Crippen LogP contribution is 2.27. The van der Waals surface area contributed by atoms with Crippen molar-refractivity contribution in [1.82, 2.24) is 4.98 Å². The van der Waals surface area contributed by atoms with Gasteiger partial charge in [-0.2, -0.15) is 0 Å². The monoisotopic (exact) mass is 378 g/mol. The minimum atomic E-state index is -0.439. The second kappa shape index (κ2) is 6.93. The highest BCUT2D eigenvalue weighted by atomic mass is 35.5. The van der Waals surface area contributed by atoms with E-state index >= 15 is 0 Å². The number of H-pyrrole nitrogens is 1. The standard InChI is InChI=1S/C17H15ClN2O2S2/c1-10(2)20(17(21)22-13-6-3-11(18)4-7-13)12-5-8-14-15(9-12)24-16(23)19-14/h3-10H,1-2H3,(H,19,23). The average molecular weight is 379 g/mol. The van der Waals surface area contributed by atoms with Gasteiger partial charge >= 0.3 is 6.09 Å². The Labute approximate surface area is 153 Å². The zero-order chi connectivity index (χ0) is 17.3. The van der Waals surface area contributed by atoms with Gasteiger partial charge < -0.3 is 9.72 Å². The Kier molecular flexibility index (Phi) is 4.89. The second-order valence-electron chi connectivity index (χ2n) is 5.48. The van der Waals surface area contributed by atoms with E-state index in [1.54, 1.807) is 29.2 Å². The fourth-order valence-corrected chi connectivity index (χ4v) is 3.63. The van der Waals surface area contributed by atoms with Crippen LogP contribution in [-0.4, -0.2) is 17.1 Å². The van der Waals surface area contributed by atoms with Crippen LogP contribution in [0.25, 0.3) is 10.2 Å². The molecular weight excluding hydrogens is 364 g/mol. The van der Waals surface area contributed by atoms with Crippen molar-refractivity contribution >= 4 is 57.2 Å². The van der Waals surface area contributed by atoms with E-state index in [9.17, 15) is 4.79 Å². The lowest BCUT2D eigenvalue weighted by atomic mass is 10.2. The van der Waals surface area contributed by atoms with Crippen LogP contribution in [-0.2, 0) is 0 Å². The Balaban J connectivity index is 1.91. The number of anilines is 1. The third kappa shape index (κ3) is 3.61. The molecule has 0 bridgehead atoms. The van der Waals surface area contributed by atoms with Gasteiger partial charge in [0, 0.05) is 16.8 Å². The molecule has 4 nitrogen and oxygen atoms in total. The summed E-state index contributed by atoms with van der Waals surface area (Å²) in [6.45, 7) is 3.87. The quantitative estimate of drug-likeness (QED) is 0.566. The number of carbonyl (C=O) groups is 1. The summed E-state index contributed by atoms with van der Waals surface area (Å²) >= 11 is 12.5. The lowest BCUT2D eigenvalue weighted by molar-refractivity contribution is 0.206. The molecule has 1 amide bonds. The Morgan fingerprint density at radius 1 is 1.25 bits per heavy atom. The first kappa shape index (κ1) is 17.0.